The quantitative estimate of drug-likeness (QED) is 0.659. The SMILES string of the molecule is C1=CN2C(=CS1)C=NCc1ccccc12. The molecule has 0 amide bonds. The summed E-state index contributed by atoms with van der Waals surface area (Å²) in [4.78, 5) is 6.60. The molecule has 0 aromatic heterocycles. The summed E-state index contributed by atoms with van der Waals surface area (Å²) in [5.74, 6) is 0. The molecule has 74 valence electrons. The molecule has 0 spiro atoms. The first-order valence-corrected chi connectivity index (χ1v) is 5.79. The van der Waals surface area contributed by atoms with Gasteiger partial charge in [0.15, 0.2) is 0 Å². The molecule has 0 aliphatic carbocycles. The number of hydrogen-bond acceptors (Lipinski definition) is 3. The van der Waals surface area contributed by atoms with Crippen LogP contribution in [-0.4, -0.2) is 6.21 Å². The van der Waals surface area contributed by atoms with Crippen LogP contribution < -0.4 is 4.90 Å². The van der Waals surface area contributed by atoms with E-state index in [9.17, 15) is 0 Å². The highest BCUT2D eigenvalue weighted by Crippen LogP contribution is 2.30. The summed E-state index contributed by atoms with van der Waals surface area (Å²) in [5, 5.41) is 4.20. The first-order valence-electron chi connectivity index (χ1n) is 4.84. The van der Waals surface area contributed by atoms with Gasteiger partial charge in [-0.3, -0.25) is 4.99 Å². The van der Waals surface area contributed by atoms with Gasteiger partial charge in [0.25, 0.3) is 0 Å². The lowest BCUT2D eigenvalue weighted by molar-refractivity contribution is 1.08. The molecule has 3 rings (SSSR count). The zero-order valence-corrected chi connectivity index (χ0v) is 8.95. The first kappa shape index (κ1) is 8.80. The molecule has 0 saturated carbocycles. The van der Waals surface area contributed by atoms with Crippen molar-refractivity contribution in [2.75, 3.05) is 4.90 Å². The van der Waals surface area contributed by atoms with Crippen molar-refractivity contribution >= 4 is 23.7 Å². The highest BCUT2D eigenvalue weighted by atomic mass is 32.2. The highest BCUT2D eigenvalue weighted by molar-refractivity contribution is 8.05. The normalized spacial score (nSPS) is 17.9. The van der Waals surface area contributed by atoms with Crippen molar-refractivity contribution in [1.82, 2.24) is 0 Å². The molecular weight excluding hydrogens is 204 g/mol. The molecule has 2 nitrogen and oxygen atoms in total. The number of para-hydroxylation sites is 1. The molecule has 1 aromatic carbocycles. The first-order chi connectivity index (χ1) is 7.45. The van der Waals surface area contributed by atoms with Crippen molar-refractivity contribution in [2.45, 2.75) is 6.54 Å². The van der Waals surface area contributed by atoms with Gasteiger partial charge >= 0.3 is 0 Å². The average molecular weight is 214 g/mol. The fraction of sp³-hybridized carbons (Fsp3) is 0.0833. The van der Waals surface area contributed by atoms with Crippen molar-refractivity contribution in [3.05, 3.63) is 52.5 Å². The fourth-order valence-corrected chi connectivity index (χ4v) is 2.36. The van der Waals surface area contributed by atoms with Crippen LogP contribution in [0.1, 0.15) is 5.56 Å². The Morgan fingerprint density at radius 3 is 3.20 bits per heavy atom. The number of rotatable bonds is 0. The van der Waals surface area contributed by atoms with E-state index in [1.807, 2.05) is 6.21 Å². The van der Waals surface area contributed by atoms with Crippen molar-refractivity contribution in [1.29, 1.82) is 0 Å². The van der Waals surface area contributed by atoms with Gasteiger partial charge < -0.3 is 4.90 Å². The number of allylic oxidation sites excluding steroid dienone is 1. The monoisotopic (exact) mass is 214 g/mol. The summed E-state index contributed by atoms with van der Waals surface area (Å²) >= 11 is 1.69. The Morgan fingerprint density at radius 2 is 2.20 bits per heavy atom. The van der Waals surface area contributed by atoms with E-state index >= 15 is 0 Å². The molecule has 15 heavy (non-hydrogen) atoms. The maximum atomic E-state index is 4.41. The van der Waals surface area contributed by atoms with E-state index in [2.05, 4.69) is 51.2 Å². The summed E-state index contributed by atoms with van der Waals surface area (Å²) in [6.45, 7) is 0.766. The number of thioether (sulfide) groups is 1. The van der Waals surface area contributed by atoms with Gasteiger partial charge in [-0.15, -0.1) is 11.8 Å². The van der Waals surface area contributed by atoms with E-state index in [1.54, 1.807) is 11.8 Å². The Balaban J connectivity index is 2.17. The maximum Gasteiger partial charge on any atom is 0.0701 e. The van der Waals surface area contributed by atoms with Crippen molar-refractivity contribution < 1.29 is 0 Å². The van der Waals surface area contributed by atoms with Crippen molar-refractivity contribution in [3.63, 3.8) is 0 Å². The maximum absolute atomic E-state index is 4.41. The van der Waals surface area contributed by atoms with E-state index < -0.39 is 0 Å². The highest BCUT2D eigenvalue weighted by Gasteiger charge is 2.15. The molecule has 3 heteroatoms. The summed E-state index contributed by atoms with van der Waals surface area (Å²) in [6, 6.07) is 8.40. The summed E-state index contributed by atoms with van der Waals surface area (Å²) in [6.07, 6.45) is 4.03. The third kappa shape index (κ3) is 1.49. The molecule has 1 aromatic rings. The Bertz CT molecular complexity index is 474. The van der Waals surface area contributed by atoms with Crippen LogP contribution in [0.4, 0.5) is 5.69 Å². The Labute approximate surface area is 93.0 Å². The van der Waals surface area contributed by atoms with Crippen LogP contribution in [0.3, 0.4) is 0 Å². The lowest BCUT2D eigenvalue weighted by Crippen LogP contribution is -2.17. The number of benzene rings is 1. The van der Waals surface area contributed by atoms with Gasteiger partial charge in [0, 0.05) is 17.8 Å². The lowest BCUT2D eigenvalue weighted by atomic mass is 10.1. The Morgan fingerprint density at radius 1 is 1.27 bits per heavy atom. The van der Waals surface area contributed by atoms with Gasteiger partial charge in [-0.25, -0.2) is 0 Å². The topological polar surface area (TPSA) is 15.6 Å². The van der Waals surface area contributed by atoms with Gasteiger partial charge in [-0.1, -0.05) is 18.2 Å². The molecule has 0 N–H and O–H groups in total. The van der Waals surface area contributed by atoms with Gasteiger partial charge in [0.05, 0.1) is 17.9 Å². The van der Waals surface area contributed by atoms with E-state index in [-0.39, 0.29) is 0 Å². The predicted molar refractivity (Wildman–Crippen MR) is 65.9 cm³/mol. The standard InChI is InChI=1S/C12H10N2S/c1-2-4-12-10(3-1)7-13-8-11-9-15-6-5-14(11)12/h1-6,8-9H,7H2. The molecule has 0 unspecified atom stereocenters. The van der Waals surface area contributed by atoms with Crippen LogP contribution in [0.25, 0.3) is 0 Å². The van der Waals surface area contributed by atoms with Crippen LogP contribution in [0.15, 0.2) is 52.0 Å². The third-order valence-electron chi connectivity index (χ3n) is 2.49. The van der Waals surface area contributed by atoms with Crippen molar-refractivity contribution in [3.8, 4) is 0 Å². The number of nitrogens with zero attached hydrogens (tertiary/aromatic N) is 2. The minimum absolute atomic E-state index is 0.766. The summed E-state index contributed by atoms with van der Waals surface area (Å²) in [7, 11) is 0. The van der Waals surface area contributed by atoms with E-state index in [4.69, 9.17) is 0 Å². The van der Waals surface area contributed by atoms with E-state index in [0.717, 1.165) is 12.2 Å². The smallest absolute Gasteiger partial charge is 0.0701 e. The number of anilines is 1. The third-order valence-corrected chi connectivity index (χ3v) is 3.15. The van der Waals surface area contributed by atoms with Gasteiger partial charge in [0.1, 0.15) is 0 Å². The summed E-state index contributed by atoms with van der Waals surface area (Å²) < 4.78 is 0. The largest absolute Gasteiger partial charge is 0.314 e. The molecule has 0 bridgehead atoms. The minimum atomic E-state index is 0.766. The zero-order valence-electron chi connectivity index (χ0n) is 8.13. The number of fused-ring (bicyclic) bond motifs is 3. The molecule has 0 fully saturated rings. The van der Waals surface area contributed by atoms with Gasteiger partial charge in [-0.2, -0.15) is 0 Å². The molecule has 2 heterocycles. The van der Waals surface area contributed by atoms with Crippen LogP contribution >= 0.6 is 11.8 Å². The number of aliphatic imine (C=N–C) groups is 1. The van der Waals surface area contributed by atoms with Crippen LogP contribution in [0, 0.1) is 0 Å². The molecule has 2 aliphatic heterocycles. The second kappa shape index (κ2) is 3.59. The molecular formula is C12H10N2S. The molecule has 0 saturated heterocycles. The Kier molecular flexibility index (Phi) is 2.10. The zero-order chi connectivity index (χ0) is 10.1. The van der Waals surface area contributed by atoms with Gasteiger partial charge in [-0.05, 0) is 17.0 Å². The summed E-state index contributed by atoms with van der Waals surface area (Å²) in [5.41, 5.74) is 3.65. The van der Waals surface area contributed by atoms with Crippen LogP contribution in [0.5, 0.6) is 0 Å². The fourth-order valence-electron chi connectivity index (χ4n) is 1.78. The van der Waals surface area contributed by atoms with Gasteiger partial charge in [0.2, 0.25) is 0 Å². The van der Waals surface area contributed by atoms with E-state index in [0.29, 0.717) is 0 Å². The Hall–Kier alpha value is -1.48. The van der Waals surface area contributed by atoms with Crippen LogP contribution in [-0.2, 0) is 6.54 Å². The lowest BCUT2D eigenvalue weighted by Gasteiger charge is -2.23. The molecule has 0 radical (unpaired) electrons. The van der Waals surface area contributed by atoms with E-state index in [1.165, 1.54) is 11.3 Å². The molecule has 0 atom stereocenters. The number of hydrogen-bond donors (Lipinski definition) is 0. The second-order valence-electron chi connectivity index (χ2n) is 3.43. The minimum Gasteiger partial charge on any atom is -0.314 e. The second-order valence-corrected chi connectivity index (χ2v) is 4.21. The van der Waals surface area contributed by atoms with Crippen molar-refractivity contribution in [2.24, 2.45) is 4.99 Å². The predicted octanol–water partition coefficient (Wildman–Crippen LogP) is 3.14. The van der Waals surface area contributed by atoms with Crippen LogP contribution in [0.2, 0.25) is 0 Å². The molecule has 2 aliphatic rings. The average Bonchev–Trinajstić information content (AvgIpc) is 2.48.